The van der Waals surface area contributed by atoms with E-state index in [1.54, 1.807) is 4.90 Å². The average molecular weight is 256 g/mol. The van der Waals surface area contributed by atoms with E-state index in [1.807, 2.05) is 11.8 Å². The van der Waals surface area contributed by atoms with E-state index in [0.717, 1.165) is 32.4 Å². The predicted octanol–water partition coefficient (Wildman–Crippen LogP) is 1.04. The molecule has 0 aromatic heterocycles. The van der Waals surface area contributed by atoms with E-state index in [9.17, 15) is 9.59 Å². The van der Waals surface area contributed by atoms with E-state index in [2.05, 4.69) is 6.92 Å². The molecule has 5 heteroatoms. The van der Waals surface area contributed by atoms with Gasteiger partial charge in [0.15, 0.2) is 0 Å². The Balaban J connectivity index is 2.42. The molecule has 0 atom stereocenters. The van der Waals surface area contributed by atoms with Gasteiger partial charge < -0.3 is 10.0 Å². The quantitative estimate of drug-likeness (QED) is 0.771. The first-order chi connectivity index (χ1) is 8.52. The lowest BCUT2D eigenvalue weighted by Gasteiger charge is -2.32. The van der Waals surface area contributed by atoms with Gasteiger partial charge in [-0.2, -0.15) is 0 Å². The molecule has 1 fully saturated rings. The van der Waals surface area contributed by atoms with Crippen molar-refractivity contribution >= 4 is 11.9 Å². The van der Waals surface area contributed by atoms with Crippen molar-refractivity contribution in [2.45, 2.75) is 33.1 Å². The maximum absolute atomic E-state index is 12.1. The number of likely N-dealkylation sites (tertiary alicyclic amines) is 1. The Morgan fingerprint density at radius 2 is 1.89 bits per heavy atom. The summed E-state index contributed by atoms with van der Waals surface area (Å²) in [6, 6.07) is 0. The predicted molar refractivity (Wildman–Crippen MR) is 69.3 cm³/mol. The van der Waals surface area contributed by atoms with Crippen LogP contribution in [0.4, 0.5) is 0 Å². The Labute approximate surface area is 109 Å². The normalized spacial score (nSPS) is 17.2. The molecule has 1 N–H and O–H groups in total. The molecular formula is C13H24N2O3. The number of carbonyl (C=O) groups is 2. The standard InChI is InChI=1S/C13H24N2O3/c1-3-6-14(10-13(17)18)9-12(16)15-7-4-11(2)5-8-15/h11H,3-10H2,1-2H3,(H,17,18). The topological polar surface area (TPSA) is 60.9 Å². The zero-order valence-corrected chi connectivity index (χ0v) is 11.4. The first-order valence-corrected chi connectivity index (χ1v) is 6.74. The molecule has 1 aliphatic heterocycles. The third-order valence-electron chi connectivity index (χ3n) is 3.39. The van der Waals surface area contributed by atoms with Gasteiger partial charge in [0.25, 0.3) is 0 Å². The molecule has 0 unspecified atom stereocenters. The molecule has 0 aromatic carbocycles. The molecule has 0 saturated carbocycles. The average Bonchev–Trinajstić information content (AvgIpc) is 2.29. The van der Waals surface area contributed by atoms with Crippen LogP contribution in [0.2, 0.25) is 0 Å². The molecule has 0 radical (unpaired) electrons. The number of aliphatic carboxylic acids is 1. The van der Waals surface area contributed by atoms with Gasteiger partial charge in [-0.15, -0.1) is 0 Å². The van der Waals surface area contributed by atoms with Gasteiger partial charge in [0, 0.05) is 13.1 Å². The molecule has 1 rings (SSSR count). The van der Waals surface area contributed by atoms with Crippen LogP contribution in [0.3, 0.4) is 0 Å². The lowest BCUT2D eigenvalue weighted by molar-refractivity contribution is -0.140. The zero-order valence-electron chi connectivity index (χ0n) is 11.4. The molecular weight excluding hydrogens is 232 g/mol. The molecule has 1 amide bonds. The van der Waals surface area contributed by atoms with Crippen molar-refractivity contribution in [1.29, 1.82) is 0 Å². The molecule has 18 heavy (non-hydrogen) atoms. The highest BCUT2D eigenvalue weighted by Crippen LogP contribution is 2.16. The number of rotatable bonds is 6. The van der Waals surface area contributed by atoms with Gasteiger partial charge in [0.05, 0.1) is 13.1 Å². The molecule has 0 aromatic rings. The molecule has 0 spiro atoms. The van der Waals surface area contributed by atoms with Crippen LogP contribution in [0, 0.1) is 5.92 Å². The van der Waals surface area contributed by atoms with Gasteiger partial charge >= 0.3 is 5.97 Å². The molecule has 0 aliphatic carbocycles. The maximum Gasteiger partial charge on any atom is 0.317 e. The summed E-state index contributed by atoms with van der Waals surface area (Å²) in [5.41, 5.74) is 0. The van der Waals surface area contributed by atoms with E-state index >= 15 is 0 Å². The number of carbonyl (C=O) groups excluding carboxylic acids is 1. The van der Waals surface area contributed by atoms with Gasteiger partial charge in [-0.1, -0.05) is 13.8 Å². The number of hydrogen-bond donors (Lipinski definition) is 1. The highest BCUT2D eigenvalue weighted by molar-refractivity contribution is 5.79. The summed E-state index contributed by atoms with van der Waals surface area (Å²) in [6.07, 6.45) is 2.97. The summed E-state index contributed by atoms with van der Waals surface area (Å²) in [7, 11) is 0. The van der Waals surface area contributed by atoms with Crippen LogP contribution >= 0.6 is 0 Å². The van der Waals surface area contributed by atoms with Gasteiger partial charge in [0.2, 0.25) is 5.91 Å². The smallest absolute Gasteiger partial charge is 0.317 e. The van der Waals surface area contributed by atoms with Crippen LogP contribution in [-0.2, 0) is 9.59 Å². The van der Waals surface area contributed by atoms with Gasteiger partial charge in [-0.05, 0) is 31.7 Å². The molecule has 1 heterocycles. The summed E-state index contributed by atoms with van der Waals surface area (Å²) >= 11 is 0. The summed E-state index contributed by atoms with van der Waals surface area (Å²) in [6.45, 7) is 6.65. The van der Waals surface area contributed by atoms with Crippen molar-refractivity contribution < 1.29 is 14.7 Å². The van der Waals surface area contributed by atoms with Crippen molar-refractivity contribution in [2.75, 3.05) is 32.7 Å². The van der Waals surface area contributed by atoms with Crippen LogP contribution in [0.15, 0.2) is 0 Å². The zero-order chi connectivity index (χ0) is 13.5. The molecule has 104 valence electrons. The fourth-order valence-electron chi connectivity index (χ4n) is 2.27. The minimum absolute atomic E-state index is 0.0518. The Morgan fingerprint density at radius 1 is 1.28 bits per heavy atom. The van der Waals surface area contributed by atoms with Gasteiger partial charge in [0.1, 0.15) is 0 Å². The van der Waals surface area contributed by atoms with Crippen LogP contribution in [0.25, 0.3) is 0 Å². The monoisotopic (exact) mass is 256 g/mol. The minimum Gasteiger partial charge on any atom is -0.480 e. The van der Waals surface area contributed by atoms with Crippen molar-refractivity contribution in [3.8, 4) is 0 Å². The van der Waals surface area contributed by atoms with E-state index < -0.39 is 5.97 Å². The number of nitrogens with zero attached hydrogens (tertiary/aromatic N) is 2. The molecule has 5 nitrogen and oxygen atoms in total. The third-order valence-corrected chi connectivity index (χ3v) is 3.39. The minimum atomic E-state index is -0.872. The first-order valence-electron chi connectivity index (χ1n) is 6.74. The molecule has 1 aliphatic rings. The lowest BCUT2D eigenvalue weighted by Crippen LogP contribution is -2.45. The third kappa shape index (κ3) is 5.04. The Hall–Kier alpha value is -1.10. The second-order valence-electron chi connectivity index (χ2n) is 5.17. The number of amides is 1. The molecule has 0 bridgehead atoms. The van der Waals surface area contributed by atoms with Gasteiger partial charge in [-0.3, -0.25) is 14.5 Å². The first kappa shape index (κ1) is 15.0. The van der Waals surface area contributed by atoms with Crippen LogP contribution in [0.5, 0.6) is 0 Å². The van der Waals surface area contributed by atoms with Crippen molar-refractivity contribution in [3.63, 3.8) is 0 Å². The van der Waals surface area contributed by atoms with Crippen LogP contribution in [-0.4, -0.2) is 59.5 Å². The highest BCUT2D eigenvalue weighted by Gasteiger charge is 2.22. The Bertz CT molecular complexity index is 286. The largest absolute Gasteiger partial charge is 0.480 e. The number of carboxylic acids is 1. The van der Waals surface area contributed by atoms with Crippen LogP contribution in [0.1, 0.15) is 33.1 Å². The second-order valence-corrected chi connectivity index (χ2v) is 5.17. The number of carboxylic acid groups (broad SMARTS) is 1. The lowest BCUT2D eigenvalue weighted by atomic mass is 9.99. The summed E-state index contributed by atoms with van der Waals surface area (Å²) in [5, 5.41) is 8.80. The fourth-order valence-corrected chi connectivity index (χ4v) is 2.27. The second kappa shape index (κ2) is 7.36. The Morgan fingerprint density at radius 3 is 2.39 bits per heavy atom. The summed E-state index contributed by atoms with van der Waals surface area (Å²) in [4.78, 5) is 26.4. The van der Waals surface area contributed by atoms with E-state index in [1.165, 1.54) is 0 Å². The highest BCUT2D eigenvalue weighted by atomic mass is 16.4. The van der Waals surface area contributed by atoms with Crippen molar-refractivity contribution in [3.05, 3.63) is 0 Å². The maximum atomic E-state index is 12.1. The molecule has 1 saturated heterocycles. The Kier molecular flexibility index (Phi) is 6.12. The summed E-state index contributed by atoms with van der Waals surface area (Å²) < 4.78 is 0. The number of piperidine rings is 1. The van der Waals surface area contributed by atoms with E-state index in [0.29, 0.717) is 12.5 Å². The van der Waals surface area contributed by atoms with Crippen molar-refractivity contribution in [2.24, 2.45) is 5.92 Å². The van der Waals surface area contributed by atoms with Crippen molar-refractivity contribution in [1.82, 2.24) is 9.80 Å². The number of hydrogen-bond acceptors (Lipinski definition) is 3. The van der Waals surface area contributed by atoms with E-state index in [-0.39, 0.29) is 19.0 Å². The SMILES string of the molecule is CCCN(CC(=O)O)CC(=O)N1CCC(C)CC1. The van der Waals surface area contributed by atoms with Gasteiger partial charge in [-0.25, -0.2) is 0 Å². The van der Waals surface area contributed by atoms with Crippen LogP contribution < -0.4 is 0 Å². The fraction of sp³-hybridized carbons (Fsp3) is 0.846. The summed E-state index contributed by atoms with van der Waals surface area (Å²) in [5.74, 6) is -0.111. The van der Waals surface area contributed by atoms with E-state index in [4.69, 9.17) is 5.11 Å².